The van der Waals surface area contributed by atoms with Gasteiger partial charge in [-0.05, 0) is 36.6 Å². The number of hydrogen-bond donors (Lipinski definition) is 2. The molecular weight excluding hydrogens is 297 g/mol. The Bertz CT molecular complexity index is 699. The Morgan fingerprint density at radius 1 is 1.35 bits per heavy atom. The maximum absolute atomic E-state index is 13.4. The summed E-state index contributed by atoms with van der Waals surface area (Å²) in [7, 11) is 1.53. The minimum absolute atomic E-state index is 0.141. The minimum atomic E-state index is -0.306. The number of nitrogens with one attached hydrogen (secondary N) is 2. The number of aromatic nitrogens is 1. The second-order valence-corrected chi connectivity index (χ2v) is 5.69. The molecule has 23 heavy (non-hydrogen) atoms. The third kappa shape index (κ3) is 3.59. The lowest BCUT2D eigenvalue weighted by atomic mass is 9.96. The van der Waals surface area contributed by atoms with E-state index in [1.807, 2.05) is 6.07 Å². The van der Waals surface area contributed by atoms with Crippen LogP contribution in [0, 0.1) is 5.82 Å². The van der Waals surface area contributed by atoms with Crippen molar-refractivity contribution in [3.05, 3.63) is 54.0 Å². The lowest BCUT2D eigenvalue weighted by molar-refractivity contribution is 0.251. The molecule has 1 aromatic carbocycles. The largest absolute Gasteiger partial charge is 0.481 e. The number of anilines is 1. The first-order valence-corrected chi connectivity index (χ1v) is 7.42. The first kappa shape index (κ1) is 15.3. The summed E-state index contributed by atoms with van der Waals surface area (Å²) < 4.78 is 18.3. The van der Waals surface area contributed by atoms with Crippen molar-refractivity contribution in [2.75, 3.05) is 19.0 Å². The van der Waals surface area contributed by atoms with E-state index in [-0.39, 0.29) is 17.3 Å². The number of ether oxygens (including phenoxy) is 1. The Hall–Kier alpha value is -2.63. The molecule has 2 amide bonds. The summed E-state index contributed by atoms with van der Waals surface area (Å²) in [6.45, 7) is 0.478. The summed E-state index contributed by atoms with van der Waals surface area (Å²) in [4.78, 5) is 16.0. The average molecular weight is 315 g/mol. The molecule has 0 spiro atoms. The number of hydrogen-bond acceptors (Lipinski definition) is 3. The van der Waals surface area contributed by atoms with Gasteiger partial charge in [0.05, 0.1) is 19.0 Å². The molecule has 0 radical (unpaired) electrons. The number of nitrogens with zero attached hydrogens (tertiary/aromatic N) is 1. The van der Waals surface area contributed by atoms with Crippen LogP contribution in [-0.4, -0.2) is 24.7 Å². The topological polar surface area (TPSA) is 63.2 Å². The van der Waals surface area contributed by atoms with Gasteiger partial charge in [-0.3, -0.25) is 0 Å². The molecule has 1 aliphatic rings. The summed E-state index contributed by atoms with van der Waals surface area (Å²) in [6.07, 6.45) is 3.42. The van der Waals surface area contributed by atoms with Crippen molar-refractivity contribution >= 4 is 11.7 Å². The van der Waals surface area contributed by atoms with Crippen LogP contribution in [0.5, 0.6) is 5.88 Å². The number of methoxy groups -OCH3 is 1. The van der Waals surface area contributed by atoms with Crippen molar-refractivity contribution in [2.24, 2.45) is 0 Å². The molecule has 0 bridgehead atoms. The number of rotatable bonds is 5. The molecular formula is C17H18FN3O2. The lowest BCUT2D eigenvalue weighted by Crippen LogP contribution is -2.35. The number of amides is 2. The third-order valence-electron chi connectivity index (χ3n) is 4.08. The van der Waals surface area contributed by atoms with Crippen molar-refractivity contribution in [3.8, 4) is 5.88 Å². The Labute approximate surface area is 133 Å². The molecule has 2 N–H and O–H groups in total. The third-order valence-corrected chi connectivity index (χ3v) is 4.08. The Kier molecular flexibility index (Phi) is 4.14. The molecule has 5 nitrogen and oxygen atoms in total. The highest BCUT2D eigenvalue weighted by Gasteiger charge is 2.44. The quantitative estimate of drug-likeness (QED) is 0.891. The fourth-order valence-electron chi connectivity index (χ4n) is 2.54. The van der Waals surface area contributed by atoms with Gasteiger partial charge in [0.15, 0.2) is 0 Å². The Balaban J connectivity index is 1.56. The predicted molar refractivity (Wildman–Crippen MR) is 85.1 cm³/mol. The van der Waals surface area contributed by atoms with Gasteiger partial charge in [0, 0.05) is 18.0 Å². The standard InChI is InChI=1S/C17H18FN3O2/c1-23-15-6-5-14(10-19-15)21-16(22)20-11-17(7-8-17)12-3-2-4-13(18)9-12/h2-6,9-10H,7-8,11H2,1H3,(H2,20,21,22). The first-order chi connectivity index (χ1) is 11.1. The molecule has 1 aromatic heterocycles. The zero-order chi connectivity index (χ0) is 16.3. The average Bonchev–Trinajstić information content (AvgIpc) is 3.35. The zero-order valence-corrected chi connectivity index (χ0v) is 12.8. The van der Waals surface area contributed by atoms with Gasteiger partial charge in [-0.15, -0.1) is 0 Å². The molecule has 0 saturated heterocycles. The van der Waals surface area contributed by atoms with Crippen molar-refractivity contribution < 1.29 is 13.9 Å². The van der Waals surface area contributed by atoms with Crippen molar-refractivity contribution in [3.63, 3.8) is 0 Å². The van der Waals surface area contributed by atoms with Crippen LogP contribution in [0.2, 0.25) is 0 Å². The van der Waals surface area contributed by atoms with E-state index < -0.39 is 0 Å². The van der Waals surface area contributed by atoms with Crippen molar-refractivity contribution in [2.45, 2.75) is 18.3 Å². The number of carbonyl (C=O) groups is 1. The SMILES string of the molecule is COc1ccc(NC(=O)NCC2(c3cccc(F)c3)CC2)cn1. The number of halogens is 1. The molecule has 3 rings (SSSR count). The van der Waals surface area contributed by atoms with E-state index in [4.69, 9.17) is 4.74 Å². The molecule has 6 heteroatoms. The molecule has 1 saturated carbocycles. The zero-order valence-electron chi connectivity index (χ0n) is 12.8. The van der Waals surface area contributed by atoms with Crippen LogP contribution in [0.25, 0.3) is 0 Å². The Morgan fingerprint density at radius 3 is 2.78 bits per heavy atom. The molecule has 0 aliphatic heterocycles. The van der Waals surface area contributed by atoms with Crippen molar-refractivity contribution in [1.29, 1.82) is 0 Å². The van der Waals surface area contributed by atoms with Crippen LogP contribution < -0.4 is 15.4 Å². The monoisotopic (exact) mass is 315 g/mol. The fraction of sp³-hybridized carbons (Fsp3) is 0.294. The van der Waals surface area contributed by atoms with E-state index in [0.717, 1.165) is 18.4 Å². The highest BCUT2D eigenvalue weighted by atomic mass is 19.1. The van der Waals surface area contributed by atoms with E-state index in [1.54, 1.807) is 24.3 Å². The first-order valence-electron chi connectivity index (χ1n) is 7.42. The van der Waals surface area contributed by atoms with Gasteiger partial charge >= 0.3 is 6.03 Å². The smallest absolute Gasteiger partial charge is 0.319 e. The fourth-order valence-corrected chi connectivity index (χ4v) is 2.54. The van der Waals surface area contributed by atoms with E-state index in [2.05, 4.69) is 15.6 Å². The van der Waals surface area contributed by atoms with Crippen molar-refractivity contribution in [1.82, 2.24) is 10.3 Å². The van der Waals surface area contributed by atoms with Gasteiger partial charge in [0.25, 0.3) is 0 Å². The summed E-state index contributed by atoms with van der Waals surface area (Å²) >= 11 is 0. The second kappa shape index (κ2) is 6.24. The number of carbonyl (C=O) groups excluding carboxylic acids is 1. The molecule has 1 heterocycles. The molecule has 0 atom stereocenters. The highest BCUT2D eigenvalue weighted by molar-refractivity contribution is 5.89. The number of benzene rings is 1. The maximum atomic E-state index is 13.4. The molecule has 120 valence electrons. The summed E-state index contributed by atoms with van der Waals surface area (Å²) in [5.41, 5.74) is 1.38. The number of urea groups is 1. The van der Waals surface area contributed by atoms with Crippen LogP contribution in [0.1, 0.15) is 18.4 Å². The van der Waals surface area contributed by atoms with Crippen LogP contribution in [0.3, 0.4) is 0 Å². The van der Waals surface area contributed by atoms with E-state index in [1.165, 1.54) is 19.4 Å². The van der Waals surface area contributed by atoms with E-state index in [9.17, 15) is 9.18 Å². The van der Waals surface area contributed by atoms with Gasteiger partial charge in [-0.25, -0.2) is 14.2 Å². The van der Waals surface area contributed by atoms with Crippen LogP contribution in [0.4, 0.5) is 14.9 Å². The minimum Gasteiger partial charge on any atom is -0.481 e. The number of pyridine rings is 1. The van der Waals surface area contributed by atoms with E-state index >= 15 is 0 Å². The highest BCUT2D eigenvalue weighted by Crippen LogP contribution is 2.47. The van der Waals surface area contributed by atoms with E-state index in [0.29, 0.717) is 18.1 Å². The summed E-state index contributed by atoms with van der Waals surface area (Å²) in [6, 6.07) is 9.66. The second-order valence-electron chi connectivity index (χ2n) is 5.69. The molecule has 2 aromatic rings. The summed E-state index contributed by atoms with van der Waals surface area (Å²) in [5.74, 6) is 0.238. The van der Waals surface area contributed by atoms with Gasteiger partial charge in [-0.1, -0.05) is 12.1 Å². The molecule has 0 unspecified atom stereocenters. The van der Waals surface area contributed by atoms with Crippen LogP contribution in [0.15, 0.2) is 42.6 Å². The predicted octanol–water partition coefficient (Wildman–Crippen LogP) is 3.08. The Morgan fingerprint density at radius 2 is 2.17 bits per heavy atom. The van der Waals surface area contributed by atoms with Gasteiger partial charge in [-0.2, -0.15) is 0 Å². The van der Waals surface area contributed by atoms with Crippen LogP contribution >= 0.6 is 0 Å². The maximum Gasteiger partial charge on any atom is 0.319 e. The van der Waals surface area contributed by atoms with Crippen LogP contribution in [-0.2, 0) is 5.41 Å². The normalized spacial score (nSPS) is 14.9. The lowest BCUT2D eigenvalue weighted by Gasteiger charge is -2.17. The van der Waals surface area contributed by atoms with Gasteiger partial charge in [0.2, 0.25) is 5.88 Å². The molecule has 1 fully saturated rings. The molecule has 1 aliphatic carbocycles. The van der Waals surface area contributed by atoms with Gasteiger partial charge in [0.1, 0.15) is 5.82 Å². The summed E-state index contributed by atoms with van der Waals surface area (Å²) in [5, 5.41) is 5.56. The van der Waals surface area contributed by atoms with Gasteiger partial charge < -0.3 is 15.4 Å².